The summed E-state index contributed by atoms with van der Waals surface area (Å²) >= 11 is 0. The van der Waals surface area contributed by atoms with Crippen molar-refractivity contribution in [2.24, 2.45) is 0 Å². The van der Waals surface area contributed by atoms with Gasteiger partial charge in [-0.3, -0.25) is 9.59 Å². The summed E-state index contributed by atoms with van der Waals surface area (Å²) in [5.41, 5.74) is 2.21. The molecule has 1 aromatic carbocycles. The van der Waals surface area contributed by atoms with Gasteiger partial charge in [0, 0.05) is 18.1 Å². The van der Waals surface area contributed by atoms with Crippen molar-refractivity contribution in [3.05, 3.63) is 52.6 Å². The number of carbonyl (C=O) groups excluding carboxylic acids is 2. The van der Waals surface area contributed by atoms with E-state index in [9.17, 15) is 9.59 Å². The quantitative estimate of drug-likeness (QED) is 0.680. The van der Waals surface area contributed by atoms with E-state index in [1.807, 2.05) is 28.2 Å². The molecule has 4 heteroatoms. The summed E-state index contributed by atoms with van der Waals surface area (Å²) in [7, 11) is 0. The zero-order chi connectivity index (χ0) is 16.6. The summed E-state index contributed by atoms with van der Waals surface area (Å²) in [4.78, 5) is 26.0. The number of nitrogens with zero attached hydrogens (tertiary/aromatic N) is 2. The molecule has 4 nitrogen and oxygen atoms in total. The number of unbranched alkanes of at least 4 members (excludes halogenated alkanes) is 1. The van der Waals surface area contributed by atoms with E-state index in [1.165, 1.54) is 0 Å². The molecule has 0 radical (unpaired) electrons. The van der Waals surface area contributed by atoms with E-state index in [2.05, 4.69) is 13.8 Å². The summed E-state index contributed by atoms with van der Waals surface area (Å²) in [5, 5.41) is 0. The first-order chi connectivity index (χ1) is 11.1. The van der Waals surface area contributed by atoms with Crippen LogP contribution in [0.1, 0.15) is 71.0 Å². The molecule has 1 aliphatic carbocycles. The van der Waals surface area contributed by atoms with Crippen molar-refractivity contribution < 1.29 is 14.2 Å². The molecule has 1 aromatic heterocycles. The molecule has 0 unspecified atom stereocenters. The highest BCUT2D eigenvalue weighted by Crippen LogP contribution is 2.27. The lowest BCUT2D eigenvalue weighted by Gasteiger charge is -2.12. The van der Waals surface area contributed by atoms with Crippen LogP contribution < -0.4 is 4.57 Å². The maximum Gasteiger partial charge on any atom is 0.254 e. The summed E-state index contributed by atoms with van der Waals surface area (Å²) in [6.07, 6.45) is 2.98. The number of benzene rings is 1. The van der Waals surface area contributed by atoms with Gasteiger partial charge in [-0.1, -0.05) is 44.5 Å². The van der Waals surface area contributed by atoms with Crippen LogP contribution in [0.5, 0.6) is 0 Å². The lowest BCUT2D eigenvalue weighted by atomic mass is 9.90. The number of hydrogen-bond donors (Lipinski definition) is 0. The van der Waals surface area contributed by atoms with Gasteiger partial charge in [-0.05, 0) is 12.8 Å². The van der Waals surface area contributed by atoms with E-state index in [0.29, 0.717) is 22.5 Å². The average Bonchev–Trinajstić information content (AvgIpc) is 2.84. The lowest BCUT2D eigenvalue weighted by Crippen LogP contribution is -2.43. The standard InChI is InChI=1S/C19H23N2O2/c1-4-6-12-21-13(3)20(11-5-2)16-17(21)19(23)15-10-8-7-9-14(15)18(16)22/h7-10H,4-6,11-12H2,1-3H3/q+1. The van der Waals surface area contributed by atoms with Crippen molar-refractivity contribution in [1.82, 2.24) is 4.57 Å². The number of ketones is 2. The molecule has 120 valence electrons. The van der Waals surface area contributed by atoms with Gasteiger partial charge in [0.2, 0.25) is 23.0 Å². The van der Waals surface area contributed by atoms with E-state index >= 15 is 0 Å². The van der Waals surface area contributed by atoms with Gasteiger partial charge in [0.15, 0.2) is 0 Å². The number of fused-ring (bicyclic) bond motifs is 2. The smallest absolute Gasteiger partial charge is 0.254 e. The predicted octanol–water partition coefficient (Wildman–Crippen LogP) is 3.07. The highest BCUT2D eigenvalue weighted by Gasteiger charge is 2.42. The third-order valence-electron chi connectivity index (χ3n) is 4.57. The molecule has 0 saturated heterocycles. The Morgan fingerprint density at radius 1 is 1.00 bits per heavy atom. The molecule has 0 spiro atoms. The van der Waals surface area contributed by atoms with Gasteiger partial charge in [-0.15, -0.1) is 0 Å². The maximum atomic E-state index is 13.0. The molecule has 0 aliphatic heterocycles. The fourth-order valence-corrected chi connectivity index (χ4v) is 3.41. The summed E-state index contributed by atoms with van der Waals surface area (Å²) in [6, 6.07) is 7.16. The molecule has 0 atom stereocenters. The van der Waals surface area contributed by atoms with Crippen LogP contribution in [0.15, 0.2) is 24.3 Å². The van der Waals surface area contributed by atoms with Gasteiger partial charge in [-0.25, -0.2) is 9.13 Å². The predicted molar refractivity (Wildman–Crippen MR) is 87.9 cm³/mol. The van der Waals surface area contributed by atoms with Gasteiger partial charge < -0.3 is 0 Å². The van der Waals surface area contributed by atoms with Crippen LogP contribution in [0.3, 0.4) is 0 Å². The van der Waals surface area contributed by atoms with E-state index in [4.69, 9.17) is 0 Å². The second-order valence-electron chi connectivity index (χ2n) is 6.11. The van der Waals surface area contributed by atoms with E-state index in [1.54, 1.807) is 12.1 Å². The van der Waals surface area contributed by atoms with Gasteiger partial charge in [-0.2, -0.15) is 0 Å². The topological polar surface area (TPSA) is 43.0 Å². The normalized spacial score (nSPS) is 13.2. The van der Waals surface area contributed by atoms with Crippen LogP contribution in [-0.4, -0.2) is 16.1 Å². The minimum absolute atomic E-state index is 0.0238. The molecule has 1 heterocycles. The molecule has 23 heavy (non-hydrogen) atoms. The average molecular weight is 311 g/mol. The monoisotopic (exact) mass is 311 g/mol. The van der Waals surface area contributed by atoms with Crippen molar-refractivity contribution in [3.8, 4) is 0 Å². The first-order valence-corrected chi connectivity index (χ1v) is 8.43. The van der Waals surface area contributed by atoms with Crippen LogP contribution in [-0.2, 0) is 13.1 Å². The summed E-state index contributed by atoms with van der Waals surface area (Å²) < 4.78 is 4.08. The van der Waals surface area contributed by atoms with Crippen LogP contribution in [0.25, 0.3) is 0 Å². The fourth-order valence-electron chi connectivity index (χ4n) is 3.41. The molecule has 1 aliphatic rings. The number of imidazole rings is 1. The van der Waals surface area contributed by atoms with Crippen LogP contribution in [0.2, 0.25) is 0 Å². The molecule has 2 aromatic rings. The molecule has 0 bridgehead atoms. The van der Waals surface area contributed by atoms with Crippen LogP contribution >= 0.6 is 0 Å². The van der Waals surface area contributed by atoms with Gasteiger partial charge in [0.05, 0.1) is 13.1 Å². The Morgan fingerprint density at radius 2 is 1.65 bits per heavy atom. The first-order valence-electron chi connectivity index (χ1n) is 8.43. The third kappa shape index (κ3) is 2.33. The molecule has 3 rings (SSSR count). The van der Waals surface area contributed by atoms with Crippen molar-refractivity contribution in [3.63, 3.8) is 0 Å². The van der Waals surface area contributed by atoms with Crippen molar-refractivity contribution in [1.29, 1.82) is 0 Å². The highest BCUT2D eigenvalue weighted by molar-refractivity contribution is 6.26. The second-order valence-corrected chi connectivity index (χ2v) is 6.11. The molecular formula is C19H23N2O2+. The van der Waals surface area contributed by atoms with E-state index in [-0.39, 0.29) is 11.6 Å². The van der Waals surface area contributed by atoms with Crippen LogP contribution in [0.4, 0.5) is 0 Å². The van der Waals surface area contributed by atoms with Crippen molar-refractivity contribution >= 4 is 11.6 Å². The van der Waals surface area contributed by atoms with Crippen molar-refractivity contribution in [2.75, 3.05) is 0 Å². The summed E-state index contributed by atoms with van der Waals surface area (Å²) in [5.74, 6) is 0.950. The zero-order valence-corrected chi connectivity index (χ0v) is 14.1. The molecule has 0 fully saturated rings. The number of rotatable bonds is 5. The minimum Gasteiger partial charge on any atom is -0.284 e. The number of aromatic nitrogens is 2. The SMILES string of the molecule is CCCCn1c2c([n+](CCC)c1C)C(=O)c1ccccc1C2=O. The van der Waals surface area contributed by atoms with Crippen molar-refractivity contribution in [2.45, 2.75) is 53.1 Å². The lowest BCUT2D eigenvalue weighted by molar-refractivity contribution is -0.704. The molecule has 0 saturated carbocycles. The van der Waals surface area contributed by atoms with Crippen LogP contribution in [0, 0.1) is 6.92 Å². The Hall–Kier alpha value is -2.23. The maximum absolute atomic E-state index is 13.0. The Morgan fingerprint density at radius 3 is 2.26 bits per heavy atom. The minimum atomic E-state index is -0.0259. The van der Waals surface area contributed by atoms with E-state index in [0.717, 1.165) is 38.2 Å². The van der Waals surface area contributed by atoms with Gasteiger partial charge >= 0.3 is 0 Å². The Labute approximate surface area is 136 Å². The Balaban J connectivity index is 2.25. The number of hydrogen-bond acceptors (Lipinski definition) is 2. The fraction of sp³-hybridized carbons (Fsp3) is 0.421. The first kappa shape index (κ1) is 15.7. The zero-order valence-electron chi connectivity index (χ0n) is 14.1. The Bertz CT molecular complexity index is 787. The molecule has 0 N–H and O–H groups in total. The highest BCUT2D eigenvalue weighted by atomic mass is 16.1. The second kappa shape index (κ2) is 6.11. The van der Waals surface area contributed by atoms with Gasteiger partial charge in [0.1, 0.15) is 0 Å². The molecular weight excluding hydrogens is 288 g/mol. The van der Waals surface area contributed by atoms with Gasteiger partial charge in [0.25, 0.3) is 5.82 Å². The summed E-state index contributed by atoms with van der Waals surface area (Å²) in [6.45, 7) is 7.77. The number of carbonyl (C=O) groups is 2. The van der Waals surface area contributed by atoms with E-state index < -0.39 is 0 Å². The largest absolute Gasteiger partial charge is 0.284 e. The third-order valence-corrected chi connectivity index (χ3v) is 4.57. The molecule has 0 amide bonds. The Kier molecular flexibility index (Phi) is 4.16.